The topological polar surface area (TPSA) is 35.1 Å². The number of aryl methyl sites for hydroxylation is 1. The Bertz CT molecular complexity index is 307. The summed E-state index contributed by atoms with van der Waals surface area (Å²) in [5.74, 6) is 0. The van der Waals surface area contributed by atoms with Crippen molar-refractivity contribution in [1.82, 2.24) is 4.57 Å². The molecule has 0 unspecified atom stereocenters. The van der Waals surface area contributed by atoms with E-state index in [2.05, 4.69) is 6.92 Å². The molecule has 15 heavy (non-hydrogen) atoms. The van der Waals surface area contributed by atoms with Crippen LogP contribution >= 0.6 is 0 Å². The SMILES string of the molecule is CCCCCCOC(=O)n1cc[n+](C)c1. The average Bonchev–Trinajstić information content (AvgIpc) is 2.64. The lowest BCUT2D eigenvalue weighted by molar-refractivity contribution is -0.670. The largest absolute Gasteiger partial charge is 0.511 e. The van der Waals surface area contributed by atoms with E-state index in [1.807, 2.05) is 7.05 Å². The van der Waals surface area contributed by atoms with Gasteiger partial charge < -0.3 is 4.74 Å². The van der Waals surface area contributed by atoms with Crippen LogP contribution in [-0.4, -0.2) is 17.3 Å². The molecule has 0 aliphatic carbocycles. The summed E-state index contributed by atoms with van der Waals surface area (Å²) in [4.78, 5) is 11.4. The molecule has 0 aromatic carbocycles. The van der Waals surface area contributed by atoms with Crippen molar-refractivity contribution in [3.05, 3.63) is 18.7 Å². The average molecular weight is 211 g/mol. The molecule has 0 fully saturated rings. The Kier molecular flexibility index (Phi) is 4.87. The molecule has 0 N–H and O–H groups in total. The lowest BCUT2D eigenvalue weighted by Gasteiger charge is -2.00. The fraction of sp³-hybridized carbons (Fsp3) is 0.636. The van der Waals surface area contributed by atoms with Gasteiger partial charge in [-0.15, -0.1) is 4.57 Å². The summed E-state index contributed by atoms with van der Waals surface area (Å²) in [5.41, 5.74) is 0. The minimum Gasteiger partial charge on any atom is -0.431 e. The molecule has 4 nitrogen and oxygen atoms in total. The number of ether oxygens (including phenoxy) is 1. The molecule has 0 aliphatic heterocycles. The first-order valence-corrected chi connectivity index (χ1v) is 5.44. The van der Waals surface area contributed by atoms with Crippen molar-refractivity contribution in [1.29, 1.82) is 0 Å². The molecule has 4 heteroatoms. The molecule has 0 spiro atoms. The zero-order valence-electron chi connectivity index (χ0n) is 9.48. The Labute approximate surface area is 90.5 Å². The Hall–Kier alpha value is -1.32. The fourth-order valence-electron chi connectivity index (χ4n) is 1.32. The minimum atomic E-state index is -0.299. The van der Waals surface area contributed by atoms with Crippen LogP contribution in [0.5, 0.6) is 0 Å². The smallest absolute Gasteiger partial charge is 0.431 e. The number of unbranched alkanes of at least 4 members (excludes halogenated alkanes) is 3. The number of carbonyl (C=O) groups is 1. The zero-order chi connectivity index (χ0) is 11.1. The molecule has 0 radical (unpaired) electrons. The van der Waals surface area contributed by atoms with Gasteiger partial charge in [-0.1, -0.05) is 26.2 Å². The highest BCUT2D eigenvalue weighted by molar-refractivity contribution is 5.69. The highest BCUT2D eigenvalue weighted by Crippen LogP contribution is 1.99. The Balaban J connectivity index is 2.19. The van der Waals surface area contributed by atoms with E-state index in [9.17, 15) is 4.79 Å². The number of hydrogen-bond acceptors (Lipinski definition) is 2. The van der Waals surface area contributed by atoms with Crippen molar-refractivity contribution < 1.29 is 14.1 Å². The van der Waals surface area contributed by atoms with Gasteiger partial charge >= 0.3 is 6.09 Å². The van der Waals surface area contributed by atoms with Crippen LogP contribution in [0.25, 0.3) is 0 Å². The number of aromatic nitrogens is 2. The van der Waals surface area contributed by atoms with Gasteiger partial charge in [0, 0.05) is 0 Å². The Morgan fingerprint density at radius 1 is 1.40 bits per heavy atom. The van der Waals surface area contributed by atoms with Crippen molar-refractivity contribution in [3.8, 4) is 0 Å². The standard InChI is InChI=1S/C11H19N2O2/c1-3-4-5-6-9-15-11(14)13-8-7-12(2)10-13/h7-8,10H,3-6,9H2,1-2H3/q+1. The molecule has 0 amide bonds. The quantitative estimate of drug-likeness (QED) is 0.550. The monoisotopic (exact) mass is 211 g/mol. The second-order valence-corrected chi connectivity index (χ2v) is 3.66. The molecule has 0 saturated heterocycles. The van der Waals surface area contributed by atoms with E-state index in [0.29, 0.717) is 6.61 Å². The molecule has 0 atom stereocenters. The first-order chi connectivity index (χ1) is 7.24. The van der Waals surface area contributed by atoms with Crippen molar-refractivity contribution >= 4 is 6.09 Å². The molecule has 84 valence electrons. The van der Waals surface area contributed by atoms with Crippen molar-refractivity contribution in [2.45, 2.75) is 32.6 Å². The third-order valence-electron chi connectivity index (χ3n) is 2.20. The van der Waals surface area contributed by atoms with E-state index >= 15 is 0 Å². The van der Waals surface area contributed by atoms with Gasteiger partial charge in [0.2, 0.25) is 0 Å². The third kappa shape index (κ3) is 4.14. The van der Waals surface area contributed by atoms with E-state index in [4.69, 9.17) is 4.74 Å². The van der Waals surface area contributed by atoms with Crippen LogP contribution in [0.1, 0.15) is 32.6 Å². The van der Waals surface area contributed by atoms with Crippen LogP contribution in [0.15, 0.2) is 18.7 Å². The van der Waals surface area contributed by atoms with Crippen LogP contribution in [0, 0.1) is 0 Å². The van der Waals surface area contributed by atoms with Crippen LogP contribution in [0.3, 0.4) is 0 Å². The second kappa shape index (κ2) is 6.22. The molecule has 1 aromatic heterocycles. The predicted molar refractivity (Wildman–Crippen MR) is 56.5 cm³/mol. The van der Waals surface area contributed by atoms with Crippen molar-refractivity contribution in [2.24, 2.45) is 7.05 Å². The zero-order valence-corrected chi connectivity index (χ0v) is 9.48. The highest BCUT2D eigenvalue weighted by atomic mass is 16.5. The maximum atomic E-state index is 11.4. The summed E-state index contributed by atoms with van der Waals surface area (Å²) in [6.45, 7) is 2.67. The van der Waals surface area contributed by atoms with Gasteiger partial charge in [0.1, 0.15) is 12.4 Å². The van der Waals surface area contributed by atoms with E-state index in [-0.39, 0.29) is 6.09 Å². The third-order valence-corrected chi connectivity index (χ3v) is 2.20. The van der Waals surface area contributed by atoms with Gasteiger partial charge in [0.15, 0.2) is 0 Å². The summed E-state index contributed by atoms with van der Waals surface area (Å²) >= 11 is 0. The van der Waals surface area contributed by atoms with Gasteiger partial charge in [-0.05, 0) is 6.42 Å². The number of carbonyl (C=O) groups excluding carboxylic acids is 1. The number of nitrogens with zero attached hydrogens (tertiary/aromatic N) is 2. The van der Waals surface area contributed by atoms with E-state index in [1.165, 1.54) is 17.4 Å². The maximum absolute atomic E-state index is 11.4. The summed E-state index contributed by atoms with van der Waals surface area (Å²) in [7, 11) is 1.87. The van der Waals surface area contributed by atoms with Crippen LogP contribution in [0.2, 0.25) is 0 Å². The second-order valence-electron chi connectivity index (χ2n) is 3.66. The van der Waals surface area contributed by atoms with Gasteiger partial charge in [0.05, 0.1) is 13.7 Å². The summed E-state index contributed by atoms with van der Waals surface area (Å²) in [6, 6.07) is 0. The van der Waals surface area contributed by atoms with Crippen LogP contribution in [0.4, 0.5) is 4.79 Å². The maximum Gasteiger partial charge on any atom is 0.511 e. The molecule has 1 aromatic rings. The van der Waals surface area contributed by atoms with Crippen LogP contribution < -0.4 is 4.57 Å². The number of imidazole rings is 1. The first kappa shape index (κ1) is 11.8. The van der Waals surface area contributed by atoms with E-state index in [1.54, 1.807) is 23.3 Å². The summed E-state index contributed by atoms with van der Waals surface area (Å²) in [5, 5.41) is 0. The van der Waals surface area contributed by atoms with E-state index in [0.717, 1.165) is 12.8 Å². The molecular formula is C11H19N2O2+. The summed E-state index contributed by atoms with van der Waals surface area (Å²) < 4.78 is 8.35. The minimum absolute atomic E-state index is 0.299. The highest BCUT2D eigenvalue weighted by Gasteiger charge is 2.12. The summed E-state index contributed by atoms with van der Waals surface area (Å²) in [6.07, 6.45) is 9.36. The first-order valence-electron chi connectivity index (χ1n) is 5.44. The molecule has 0 bridgehead atoms. The normalized spacial score (nSPS) is 10.3. The number of hydrogen-bond donors (Lipinski definition) is 0. The molecular weight excluding hydrogens is 192 g/mol. The number of rotatable bonds is 5. The van der Waals surface area contributed by atoms with E-state index < -0.39 is 0 Å². The molecule has 1 heterocycles. The Morgan fingerprint density at radius 3 is 2.80 bits per heavy atom. The van der Waals surface area contributed by atoms with Crippen molar-refractivity contribution in [3.63, 3.8) is 0 Å². The van der Waals surface area contributed by atoms with Gasteiger partial charge in [-0.3, -0.25) is 0 Å². The van der Waals surface area contributed by atoms with Gasteiger partial charge in [-0.25, -0.2) is 4.57 Å². The molecule has 1 rings (SSSR count). The van der Waals surface area contributed by atoms with Gasteiger partial charge in [-0.2, -0.15) is 4.79 Å². The van der Waals surface area contributed by atoms with Crippen LogP contribution in [-0.2, 0) is 11.8 Å². The molecule has 0 saturated carbocycles. The lowest BCUT2D eigenvalue weighted by Crippen LogP contribution is -2.25. The fourth-order valence-corrected chi connectivity index (χ4v) is 1.32. The Morgan fingerprint density at radius 2 is 2.20 bits per heavy atom. The van der Waals surface area contributed by atoms with Gasteiger partial charge in [0.25, 0.3) is 6.33 Å². The lowest BCUT2D eigenvalue weighted by atomic mass is 10.2. The predicted octanol–water partition coefficient (Wildman–Crippen LogP) is 1.88. The van der Waals surface area contributed by atoms with Crippen molar-refractivity contribution in [2.75, 3.05) is 6.61 Å². The molecule has 0 aliphatic rings.